The number of hydrogen-bond acceptors (Lipinski definition) is 6. The Labute approximate surface area is 115 Å². The van der Waals surface area contributed by atoms with Crippen LogP contribution in [0.4, 0.5) is 11.8 Å². The Balaban J connectivity index is 1.82. The molecule has 2 saturated heterocycles. The Bertz CT molecular complexity index is 510. The zero-order valence-electron chi connectivity index (χ0n) is 10.3. The average Bonchev–Trinajstić information content (AvgIpc) is 2.80. The van der Waals surface area contributed by atoms with E-state index < -0.39 is 0 Å². The molecule has 0 aromatic carbocycles. The SMILES string of the molecule is NNc1ncc(Cl)c(N2CCN3C(=O)CCC3C2)n1. The molecule has 1 aromatic rings. The van der Waals surface area contributed by atoms with Gasteiger partial charge in [0.05, 0.1) is 6.20 Å². The van der Waals surface area contributed by atoms with E-state index >= 15 is 0 Å². The van der Waals surface area contributed by atoms with Crippen LogP contribution in [-0.4, -0.2) is 46.5 Å². The molecule has 1 unspecified atom stereocenters. The number of piperazine rings is 1. The number of hydrogen-bond donors (Lipinski definition) is 2. The van der Waals surface area contributed by atoms with E-state index in [1.54, 1.807) is 0 Å². The molecule has 19 heavy (non-hydrogen) atoms. The van der Waals surface area contributed by atoms with Gasteiger partial charge in [0.15, 0.2) is 5.82 Å². The number of aromatic nitrogens is 2. The van der Waals surface area contributed by atoms with Gasteiger partial charge in [-0.25, -0.2) is 10.8 Å². The van der Waals surface area contributed by atoms with Crippen LogP contribution in [0.25, 0.3) is 0 Å². The molecule has 1 aromatic heterocycles. The van der Waals surface area contributed by atoms with Gasteiger partial charge in [0.1, 0.15) is 5.02 Å². The highest BCUT2D eigenvalue weighted by Gasteiger charge is 2.36. The maximum Gasteiger partial charge on any atom is 0.239 e. The van der Waals surface area contributed by atoms with Crippen LogP contribution in [0.2, 0.25) is 5.02 Å². The molecule has 0 aliphatic carbocycles. The van der Waals surface area contributed by atoms with Crippen LogP contribution in [0.5, 0.6) is 0 Å². The summed E-state index contributed by atoms with van der Waals surface area (Å²) in [5.74, 6) is 6.57. The number of hydrazine groups is 1. The minimum absolute atomic E-state index is 0.253. The van der Waals surface area contributed by atoms with Gasteiger partial charge < -0.3 is 9.80 Å². The van der Waals surface area contributed by atoms with Gasteiger partial charge in [-0.3, -0.25) is 10.2 Å². The normalized spacial score (nSPS) is 22.6. The molecule has 102 valence electrons. The molecular formula is C11H15ClN6O. The number of carbonyl (C=O) groups is 1. The molecule has 1 amide bonds. The van der Waals surface area contributed by atoms with Gasteiger partial charge in [0, 0.05) is 32.1 Å². The second-order valence-corrected chi connectivity index (χ2v) is 5.14. The summed E-state index contributed by atoms with van der Waals surface area (Å²) in [6, 6.07) is 0.265. The first-order valence-electron chi connectivity index (χ1n) is 6.22. The molecule has 2 aliphatic rings. The topological polar surface area (TPSA) is 87.4 Å². The van der Waals surface area contributed by atoms with Crippen molar-refractivity contribution in [3.05, 3.63) is 11.2 Å². The number of nitrogens with two attached hydrogens (primary N) is 1. The second-order valence-electron chi connectivity index (χ2n) is 4.74. The number of nitrogens with zero attached hydrogens (tertiary/aromatic N) is 4. The van der Waals surface area contributed by atoms with Crippen molar-refractivity contribution in [3.8, 4) is 0 Å². The number of amides is 1. The summed E-state index contributed by atoms with van der Waals surface area (Å²) in [4.78, 5) is 23.9. The summed E-state index contributed by atoms with van der Waals surface area (Å²) in [6.45, 7) is 2.20. The van der Waals surface area contributed by atoms with E-state index in [1.165, 1.54) is 6.20 Å². The Hall–Kier alpha value is -1.60. The molecule has 2 fully saturated rings. The highest BCUT2D eigenvalue weighted by Crippen LogP contribution is 2.29. The molecule has 1 atom stereocenters. The molecule has 0 radical (unpaired) electrons. The first-order valence-corrected chi connectivity index (χ1v) is 6.60. The van der Waals surface area contributed by atoms with Gasteiger partial charge in [0.2, 0.25) is 11.9 Å². The van der Waals surface area contributed by atoms with Crippen molar-refractivity contribution in [1.82, 2.24) is 14.9 Å². The summed E-state index contributed by atoms with van der Waals surface area (Å²) in [5, 5.41) is 0.497. The molecule has 7 nitrogen and oxygen atoms in total. The van der Waals surface area contributed by atoms with Crippen LogP contribution in [-0.2, 0) is 4.79 Å². The maximum atomic E-state index is 11.6. The Morgan fingerprint density at radius 1 is 1.47 bits per heavy atom. The van der Waals surface area contributed by atoms with Gasteiger partial charge in [-0.2, -0.15) is 4.98 Å². The van der Waals surface area contributed by atoms with E-state index in [1.807, 2.05) is 4.90 Å². The smallest absolute Gasteiger partial charge is 0.239 e. The Kier molecular flexibility index (Phi) is 3.16. The van der Waals surface area contributed by atoms with Crippen LogP contribution in [0.15, 0.2) is 6.20 Å². The van der Waals surface area contributed by atoms with Crippen LogP contribution >= 0.6 is 11.6 Å². The first-order chi connectivity index (χ1) is 9.19. The number of carbonyl (C=O) groups excluding carboxylic acids is 1. The largest absolute Gasteiger partial charge is 0.351 e. The lowest BCUT2D eigenvalue weighted by Gasteiger charge is -2.38. The van der Waals surface area contributed by atoms with Crippen molar-refractivity contribution >= 4 is 29.3 Å². The van der Waals surface area contributed by atoms with E-state index in [2.05, 4.69) is 20.3 Å². The number of nitrogens with one attached hydrogen (secondary N) is 1. The minimum Gasteiger partial charge on any atom is -0.351 e. The summed E-state index contributed by atoms with van der Waals surface area (Å²) in [7, 11) is 0. The monoisotopic (exact) mass is 282 g/mol. The van der Waals surface area contributed by atoms with Crippen LogP contribution in [0, 0.1) is 0 Å². The van der Waals surface area contributed by atoms with Crippen LogP contribution in [0.1, 0.15) is 12.8 Å². The van der Waals surface area contributed by atoms with Gasteiger partial charge in [-0.05, 0) is 6.42 Å². The predicted octanol–water partition coefficient (Wildman–Crippen LogP) is 0.227. The summed E-state index contributed by atoms with van der Waals surface area (Å²) < 4.78 is 0. The van der Waals surface area contributed by atoms with Gasteiger partial charge in [0.25, 0.3) is 0 Å². The van der Waals surface area contributed by atoms with E-state index in [4.69, 9.17) is 17.4 Å². The van der Waals surface area contributed by atoms with E-state index in [0.29, 0.717) is 23.2 Å². The maximum absolute atomic E-state index is 11.6. The second kappa shape index (κ2) is 4.82. The predicted molar refractivity (Wildman–Crippen MR) is 71.8 cm³/mol. The summed E-state index contributed by atoms with van der Waals surface area (Å²) >= 11 is 6.14. The lowest BCUT2D eigenvalue weighted by molar-refractivity contribution is -0.129. The van der Waals surface area contributed by atoms with Crippen LogP contribution < -0.4 is 16.2 Å². The third kappa shape index (κ3) is 2.19. The molecule has 2 aliphatic heterocycles. The van der Waals surface area contributed by atoms with E-state index in [-0.39, 0.29) is 11.9 Å². The van der Waals surface area contributed by atoms with Crippen molar-refractivity contribution < 1.29 is 4.79 Å². The number of anilines is 2. The highest BCUT2D eigenvalue weighted by atomic mass is 35.5. The van der Waals surface area contributed by atoms with Gasteiger partial charge >= 0.3 is 0 Å². The lowest BCUT2D eigenvalue weighted by atomic mass is 10.1. The fourth-order valence-electron chi connectivity index (χ4n) is 2.71. The summed E-state index contributed by atoms with van der Waals surface area (Å²) in [5.41, 5.74) is 2.41. The molecule has 0 bridgehead atoms. The number of halogens is 1. The fourth-order valence-corrected chi connectivity index (χ4v) is 2.92. The quantitative estimate of drug-likeness (QED) is 0.596. The standard InChI is InChI=1S/C11H15ClN6O/c12-8-5-14-11(16-13)15-10(8)17-3-4-18-7(6-17)1-2-9(18)19/h5,7H,1-4,6,13H2,(H,14,15,16). The number of nitrogen functional groups attached to an aromatic ring is 1. The highest BCUT2D eigenvalue weighted by molar-refractivity contribution is 6.32. The van der Waals surface area contributed by atoms with E-state index in [9.17, 15) is 4.79 Å². The van der Waals surface area contributed by atoms with Crippen molar-refractivity contribution in [2.45, 2.75) is 18.9 Å². The van der Waals surface area contributed by atoms with Crippen molar-refractivity contribution in [1.29, 1.82) is 0 Å². The van der Waals surface area contributed by atoms with Gasteiger partial charge in [-0.15, -0.1) is 0 Å². The number of rotatable bonds is 2. The molecule has 3 N–H and O–H groups in total. The first kappa shape index (κ1) is 12.4. The average molecular weight is 283 g/mol. The molecule has 3 heterocycles. The molecule has 3 rings (SSSR count). The third-order valence-electron chi connectivity index (χ3n) is 3.65. The Morgan fingerprint density at radius 2 is 2.32 bits per heavy atom. The number of fused-ring (bicyclic) bond motifs is 1. The molecule has 0 spiro atoms. The third-order valence-corrected chi connectivity index (χ3v) is 3.92. The van der Waals surface area contributed by atoms with Crippen molar-refractivity contribution in [3.63, 3.8) is 0 Å². The van der Waals surface area contributed by atoms with E-state index in [0.717, 1.165) is 26.1 Å². The molecular weight excluding hydrogens is 268 g/mol. The van der Waals surface area contributed by atoms with Crippen molar-refractivity contribution in [2.75, 3.05) is 30.0 Å². The fraction of sp³-hybridized carbons (Fsp3) is 0.545. The Morgan fingerprint density at radius 3 is 3.11 bits per heavy atom. The summed E-state index contributed by atoms with van der Waals surface area (Å²) in [6.07, 6.45) is 3.08. The molecule has 8 heteroatoms. The van der Waals surface area contributed by atoms with Gasteiger partial charge in [-0.1, -0.05) is 11.6 Å². The zero-order valence-corrected chi connectivity index (χ0v) is 11.1. The minimum atomic E-state index is 0.253. The lowest BCUT2D eigenvalue weighted by Crippen LogP contribution is -2.51. The van der Waals surface area contributed by atoms with Crippen LogP contribution in [0.3, 0.4) is 0 Å². The zero-order chi connectivity index (χ0) is 13.4. The molecule has 0 saturated carbocycles. The van der Waals surface area contributed by atoms with Crippen molar-refractivity contribution in [2.24, 2.45) is 5.84 Å².